The second kappa shape index (κ2) is 11.4. The first-order chi connectivity index (χ1) is 20.1. The van der Waals surface area contributed by atoms with E-state index in [0.717, 1.165) is 50.7 Å². The van der Waals surface area contributed by atoms with E-state index < -0.39 is 6.04 Å². The fourth-order valence-electron chi connectivity index (χ4n) is 12.2. The number of methoxy groups -OCH3 is 1. The van der Waals surface area contributed by atoms with Crippen molar-refractivity contribution in [1.82, 2.24) is 10.6 Å². The van der Waals surface area contributed by atoms with Crippen LogP contribution in [0.5, 0.6) is 0 Å². The maximum absolute atomic E-state index is 13.7. The summed E-state index contributed by atoms with van der Waals surface area (Å²) in [5.41, 5.74) is 1.26. The van der Waals surface area contributed by atoms with Crippen LogP contribution in [0.25, 0.3) is 0 Å². The summed E-state index contributed by atoms with van der Waals surface area (Å²) in [7, 11) is 1.39. The maximum Gasteiger partial charge on any atom is 0.328 e. The lowest BCUT2D eigenvalue weighted by Crippen LogP contribution is -2.69. The van der Waals surface area contributed by atoms with E-state index in [0.29, 0.717) is 41.8 Å². The van der Waals surface area contributed by atoms with Crippen molar-refractivity contribution in [3.8, 4) is 0 Å². The van der Waals surface area contributed by atoms with Crippen LogP contribution in [-0.4, -0.2) is 48.5 Å². The van der Waals surface area contributed by atoms with Gasteiger partial charge in [0.25, 0.3) is 0 Å². The van der Waals surface area contributed by atoms with Crippen molar-refractivity contribution in [2.24, 2.45) is 51.2 Å². The topological polar surface area (TPSA) is 84.5 Å². The zero-order valence-corrected chi connectivity index (χ0v) is 29.0. The lowest BCUT2D eigenvalue weighted by Gasteiger charge is -2.72. The van der Waals surface area contributed by atoms with Crippen LogP contribution >= 0.6 is 11.8 Å². The number of Topliss-reactive ketones (excluding diaryl/α,β-unsaturated/α-hetero) is 1. The highest BCUT2D eigenvalue weighted by molar-refractivity contribution is 7.98. The van der Waals surface area contributed by atoms with Crippen molar-refractivity contribution in [3.05, 3.63) is 12.2 Å². The van der Waals surface area contributed by atoms with Crippen molar-refractivity contribution in [3.63, 3.8) is 0 Å². The summed E-state index contributed by atoms with van der Waals surface area (Å²) >= 11 is 1.66. The number of carbonyl (C=O) groups is 3. The van der Waals surface area contributed by atoms with Gasteiger partial charge in [0.15, 0.2) is 0 Å². The molecule has 5 aliphatic carbocycles. The number of carbonyl (C=O) groups excluding carboxylic acids is 3. The number of esters is 1. The van der Waals surface area contributed by atoms with E-state index in [4.69, 9.17) is 4.74 Å². The SMILES string of the molecule is C=C(C)[C@@H]1CC[C@]2(NC(=O)N[C@H](CCSC)C(=O)OC)CC[C@@]3(C)[C@H](CC[C@@H]4[C@@]5(C)CCC(=O)C(C)(C)[C@@H]5CC[C@]43C)[C@@H]12. The van der Waals surface area contributed by atoms with E-state index in [1.807, 2.05) is 6.26 Å². The molecule has 2 amide bonds. The molecule has 0 spiro atoms. The number of amides is 2. The van der Waals surface area contributed by atoms with E-state index in [1.54, 1.807) is 11.8 Å². The Morgan fingerprint density at radius 1 is 0.977 bits per heavy atom. The Labute approximate surface area is 265 Å². The molecule has 0 unspecified atom stereocenters. The number of rotatable bonds is 7. The lowest BCUT2D eigenvalue weighted by atomic mass is 9.32. The van der Waals surface area contributed by atoms with E-state index in [9.17, 15) is 14.4 Å². The molecular formula is C36H58N2O4S. The van der Waals surface area contributed by atoms with Gasteiger partial charge in [0.05, 0.1) is 7.11 Å². The molecule has 2 N–H and O–H groups in total. The van der Waals surface area contributed by atoms with Crippen LogP contribution in [0, 0.1) is 51.2 Å². The van der Waals surface area contributed by atoms with Crippen molar-refractivity contribution in [1.29, 1.82) is 0 Å². The molecule has 0 aliphatic heterocycles. The molecular weight excluding hydrogens is 556 g/mol. The summed E-state index contributed by atoms with van der Waals surface area (Å²) in [6.07, 6.45) is 13.1. The summed E-state index contributed by atoms with van der Waals surface area (Å²) < 4.78 is 5.02. The smallest absolute Gasteiger partial charge is 0.328 e. The third-order valence-electron chi connectivity index (χ3n) is 14.6. The fraction of sp³-hybridized carbons (Fsp3) is 0.861. The number of allylic oxidation sites excluding steroid dienone is 1. The number of fused-ring (bicyclic) bond motifs is 7. The molecule has 5 saturated carbocycles. The molecule has 5 aliphatic rings. The molecule has 43 heavy (non-hydrogen) atoms. The Bertz CT molecular complexity index is 1150. The van der Waals surface area contributed by atoms with E-state index >= 15 is 0 Å². The molecule has 242 valence electrons. The van der Waals surface area contributed by atoms with Crippen LogP contribution in [0.15, 0.2) is 12.2 Å². The molecule has 0 aromatic carbocycles. The van der Waals surface area contributed by atoms with E-state index in [2.05, 4.69) is 58.8 Å². The number of hydrogen-bond acceptors (Lipinski definition) is 5. The van der Waals surface area contributed by atoms with Crippen molar-refractivity contribution < 1.29 is 19.1 Å². The molecule has 5 fully saturated rings. The number of nitrogens with one attached hydrogen (secondary N) is 2. The summed E-state index contributed by atoms with van der Waals surface area (Å²) in [4.78, 5) is 39.2. The van der Waals surface area contributed by atoms with Crippen LogP contribution in [0.2, 0.25) is 0 Å². The number of ketones is 1. The number of hydrogen-bond donors (Lipinski definition) is 2. The van der Waals surface area contributed by atoms with Gasteiger partial charge in [0.1, 0.15) is 11.8 Å². The predicted molar refractivity (Wildman–Crippen MR) is 175 cm³/mol. The Balaban J connectivity index is 1.45. The molecule has 0 bridgehead atoms. The molecule has 0 radical (unpaired) electrons. The van der Waals surface area contributed by atoms with Gasteiger partial charge in [-0.2, -0.15) is 11.8 Å². The largest absolute Gasteiger partial charge is 0.467 e. The van der Waals surface area contributed by atoms with Crippen LogP contribution in [0.4, 0.5) is 4.79 Å². The van der Waals surface area contributed by atoms with Gasteiger partial charge in [-0.05, 0) is 129 Å². The number of ether oxygens (including phenoxy) is 1. The van der Waals surface area contributed by atoms with Crippen molar-refractivity contribution in [2.45, 2.75) is 124 Å². The number of thioether (sulfide) groups is 1. The van der Waals surface area contributed by atoms with Gasteiger partial charge in [-0.25, -0.2) is 9.59 Å². The van der Waals surface area contributed by atoms with Crippen LogP contribution in [-0.2, 0) is 14.3 Å². The van der Waals surface area contributed by atoms with Gasteiger partial charge >= 0.3 is 12.0 Å². The number of urea groups is 1. The van der Waals surface area contributed by atoms with Gasteiger partial charge < -0.3 is 15.4 Å². The summed E-state index contributed by atoms with van der Waals surface area (Å²) in [5, 5.41) is 6.52. The molecule has 5 rings (SSSR count). The minimum absolute atomic E-state index is 0.159. The third kappa shape index (κ3) is 4.92. The summed E-state index contributed by atoms with van der Waals surface area (Å²) in [5.74, 6) is 3.14. The fourth-order valence-corrected chi connectivity index (χ4v) is 12.7. The zero-order chi connectivity index (χ0) is 31.6. The van der Waals surface area contributed by atoms with Crippen LogP contribution in [0.1, 0.15) is 112 Å². The Morgan fingerprint density at radius 3 is 2.35 bits per heavy atom. The minimum Gasteiger partial charge on any atom is -0.467 e. The highest BCUT2D eigenvalue weighted by Gasteiger charge is 2.71. The first kappa shape index (κ1) is 32.9. The lowest BCUT2D eigenvalue weighted by molar-refractivity contribution is -0.228. The van der Waals surface area contributed by atoms with Gasteiger partial charge in [0, 0.05) is 17.4 Å². The second-order valence-electron chi connectivity index (χ2n) is 16.4. The highest BCUT2D eigenvalue weighted by atomic mass is 32.2. The quantitative estimate of drug-likeness (QED) is 0.228. The Morgan fingerprint density at radius 2 is 1.70 bits per heavy atom. The first-order valence-corrected chi connectivity index (χ1v) is 18.3. The molecule has 0 heterocycles. The minimum atomic E-state index is -0.642. The second-order valence-corrected chi connectivity index (χ2v) is 17.4. The summed E-state index contributed by atoms with van der Waals surface area (Å²) in [6.45, 7) is 18.9. The van der Waals surface area contributed by atoms with Crippen LogP contribution < -0.4 is 10.6 Å². The van der Waals surface area contributed by atoms with Gasteiger partial charge in [0.2, 0.25) is 0 Å². The van der Waals surface area contributed by atoms with Gasteiger partial charge in [-0.15, -0.1) is 0 Å². The first-order valence-electron chi connectivity index (χ1n) is 17.0. The summed E-state index contributed by atoms with van der Waals surface area (Å²) in [6, 6.07) is -0.883. The normalized spacial score (nSPS) is 43.7. The van der Waals surface area contributed by atoms with Gasteiger partial charge in [-0.1, -0.05) is 46.8 Å². The standard InChI is InChI=1S/C36H58N2O4S/c1-22(2)23-12-18-36(38-31(41)37-25(15-21-43-9)30(40)42-8)20-19-34(6)24(29(23)36)10-11-27-33(5)16-14-28(39)32(3,4)26(33)13-17-35(27,34)7/h23-27,29H,1,10-21H2,2-9H3,(H2,37,38,41)/t23-,24+,25+,26-,27+,29+,33-,34-,35+,36-/m0/s1. The average Bonchev–Trinajstić information content (AvgIpc) is 3.32. The third-order valence-corrected chi connectivity index (χ3v) is 15.2. The molecule has 6 nitrogen and oxygen atoms in total. The molecule has 0 aromatic heterocycles. The van der Waals surface area contributed by atoms with E-state index in [-0.39, 0.29) is 39.2 Å². The van der Waals surface area contributed by atoms with Crippen LogP contribution in [0.3, 0.4) is 0 Å². The predicted octanol–water partition coefficient (Wildman–Crippen LogP) is 7.56. The van der Waals surface area contributed by atoms with E-state index in [1.165, 1.54) is 31.9 Å². The van der Waals surface area contributed by atoms with Crippen molar-refractivity contribution >= 4 is 29.5 Å². The monoisotopic (exact) mass is 614 g/mol. The highest BCUT2D eigenvalue weighted by Crippen LogP contribution is 2.76. The maximum atomic E-state index is 13.7. The average molecular weight is 615 g/mol. The molecule has 0 aromatic rings. The molecule has 0 saturated heterocycles. The molecule has 10 atom stereocenters. The Kier molecular flexibility index (Phi) is 8.71. The zero-order valence-electron chi connectivity index (χ0n) is 28.2. The molecule has 7 heteroatoms. The van der Waals surface area contributed by atoms with Gasteiger partial charge in [-0.3, -0.25) is 4.79 Å². The Hall–Kier alpha value is -1.50. The van der Waals surface area contributed by atoms with Crippen molar-refractivity contribution in [2.75, 3.05) is 19.1 Å².